The SMILES string of the molecule is COc1ccc(/C=N/NC(=O)c2ccc(O)c(OC)c2)cc1O. The molecule has 7 heteroatoms. The van der Waals surface area contributed by atoms with Crippen LogP contribution in [0.3, 0.4) is 0 Å². The number of nitrogens with one attached hydrogen (secondary N) is 1. The number of amides is 1. The zero-order chi connectivity index (χ0) is 16.8. The Bertz CT molecular complexity index is 743. The Morgan fingerprint density at radius 1 is 1.04 bits per heavy atom. The van der Waals surface area contributed by atoms with E-state index >= 15 is 0 Å². The largest absolute Gasteiger partial charge is 0.504 e. The predicted octanol–water partition coefficient (Wildman–Crippen LogP) is 1.88. The van der Waals surface area contributed by atoms with E-state index in [-0.39, 0.29) is 22.8 Å². The minimum atomic E-state index is -0.461. The molecule has 1 amide bonds. The Kier molecular flexibility index (Phi) is 5.03. The van der Waals surface area contributed by atoms with Crippen LogP contribution in [0.1, 0.15) is 15.9 Å². The number of hydrazone groups is 1. The maximum Gasteiger partial charge on any atom is 0.271 e. The van der Waals surface area contributed by atoms with E-state index in [9.17, 15) is 15.0 Å². The summed E-state index contributed by atoms with van der Waals surface area (Å²) in [5.74, 6) is 0.00803. The molecule has 120 valence electrons. The Morgan fingerprint density at radius 2 is 1.78 bits per heavy atom. The van der Waals surface area contributed by atoms with Gasteiger partial charge < -0.3 is 19.7 Å². The van der Waals surface area contributed by atoms with Gasteiger partial charge in [-0.15, -0.1) is 0 Å². The van der Waals surface area contributed by atoms with Crippen molar-refractivity contribution in [1.29, 1.82) is 0 Å². The summed E-state index contributed by atoms with van der Waals surface area (Å²) in [6, 6.07) is 8.93. The van der Waals surface area contributed by atoms with Crippen LogP contribution in [0.15, 0.2) is 41.5 Å². The van der Waals surface area contributed by atoms with Gasteiger partial charge in [-0.25, -0.2) is 5.43 Å². The predicted molar refractivity (Wildman–Crippen MR) is 84.4 cm³/mol. The number of nitrogens with zero attached hydrogens (tertiary/aromatic N) is 1. The van der Waals surface area contributed by atoms with Gasteiger partial charge in [0.1, 0.15) is 0 Å². The first-order valence-electron chi connectivity index (χ1n) is 6.62. The molecular weight excluding hydrogens is 300 g/mol. The summed E-state index contributed by atoms with van der Waals surface area (Å²) in [5.41, 5.74) is 3.22. The normalized spacial score (nSPS) is 10.5. The smallest absolute Gasteiger partial charge is 0.271 e. The van der Waals surface area contributed by atoms with Crippen LogP contribution in [0, 0.1) is 0 Å². The van der Waals surface area contributed by atoms with E-state index in [1.807, 2.05) is 0 Å². The van der Waals surface area contributed by atoms with E-state index in [1.54, 1.807) is 12.1 Å². The molecular formula is C16H16N2O5. The van der Waals surface area contributed by atoms with E-state index in [0.29, 0.717) is 11.3 Å². The number of phenols is 2. The molecule has 7 nitrogen and oxygen atoms in total. The summed E-state index contributed by atoms with van der Waals surface area (Å²) in [7, 11) is 2.85. The number of hydrogen-bond donors (Lipinski definition) is 3. The highest BCUT2D eigenvalue weighted by molar-refractivity contribution is 5.95. The highest BCUT2D eigenvalue weighted by Crippen LogP contribution is 2.26. The summed E-state index contributed by atoms with van der Waals surface area (Å²) < 4.78 is 9.87. The first-order valence-corrected chi connectivity index (χ1v) is 6.62. The second-order valence-electron chi connectivity index (χ2n) is 4.52. The molecule has 23 heavy (non-hydrogen) atoms. The van der Waals surface area contributed by atoms with Crippen LogP contribution < -0.4 is 14.9 Å². The lowest BCUT2D eigenvalue weighted by molar-refractivity contribution is 0.0954. The molecule has 0 aromatic heterocycles. The van der Waals surface area contributed by atoms with Crippen molar-refractivity contribution < 1.29 is 24.5 Å². The van der Waals surface area contributed by atoms with E-state index < -0.39 is 5.91 Å². The lowest BCUT2D eigenvalue weighted by Gasteiger charge is -2.05. The average molecular weight is 316 g/mol. The number of phenolic OH excluding ortho intramolecular Hbond substituents is 2. The van der Waals surface area contributed by atoms with Gasteiger partial charge >= 0.3 is 0 Å². The fraction of sp³-hybridized carbons (Fsp3) is 0.125. The molecule has 0 radical (unpaired) electrons. The van der Waals surface area contributed by atoms with Crippen LogP contribution in [0.25, 0.3) is 0 Å². The van der Waals surface area contributed by atoms with Crippen LogP contribution in [0.2, 0.25) is 0 Å². The molecule has 0 aliphatic carbocycles. The van der Waals surface area contributed by atoms with Gasteiger partial charge in [-0.3, -0.25) is 4.79 Å². The highest BCUT2D eigenvalue weighted by Gasteiger charge is 2.09. The number of carbonyl (C=O) groups is 1. The van der Waals surface area contributed by atoms with Gasteiger partial charge in [0.25, 0.3) is 5.91 Å². The number of ether oxygens (including phenoxy) is 2. The first kappa shape index (κ1) is 16.2. The molecule has 2 rings (SSSR count). The monoisotopic (exact) mass is 316 g/mol. The molecule has 0 bridgehead atoms. The van der Waals surface area contributed by atoms with Crippen molar-refractivity contribution in [2.45, 2.75) is 0 Å². The van der Waals surface area contributed by atoms with Gasteiger partial charge in [0.2, 0.25) is 0 Å². The molecule has 0 fully saturated rings. The van der Waals surface area contributed by atoms with Crippen molar-refractivity contribution in [2.24, 2.45) is 5.10 Å². The van der Waals surface area contributed by atoms with Crippen LogP contribution in [-0.2, 0) is 0 Å². The molecule has 0 aliphatic rings. The summed E-state index contributed by atoms with van der Waals surface area (Å²) >= 11 is 0. The summed E-state index contributed by atoms with van der Waals surface area (Å²) in [6.07, 6.45) is 1.38. The molecule has 3 N–H and O–H groups in total. The average Bonchev–Trinajstić information content (AvgIpc) is 2.55. The summed E-state index contributed by atoms with van der Waals surface area (Å²) in [6.45, 7) is 0. The maximum atomic E-state index is 12.0. The minimum Gasteiger partial charge on any atom is -0.504 e. The third-order valence-corrected chi connectivity index (χ3v) is 3.02. The summed E-state index contributed by atoms with van der Waals surface area (Å²) in [4.78, 5) is 12.0. The van der Waals surface area contributed by atoms with Crippen molar-refractivity contribution in [1.82, 2.24) is 5.43 Å². The molecule has 2 aromatic carbocycles. The van der Waals surface area contributed by atoms with Crippen LogP contribution in [0.4, 0.5) is 0 Å². The van der Waals surface area contributed by atoms with Crippen LogP contribution in [0.5, 0.6) is 23.0 Å². The van der Waals surface area contributed by atoms with Crippen molar-refractivity contribution in [3.8, 4) is 23.0 Å². The Labute approximate surface area is 132 Å². The van der Waals surface area contributed by atoms with Crippen LogP contribution in [-0.4, -0.2) is 36.6 Å². The van der Waals surface area contributed by atoms with Crippen molar-refractivity contribution in [2.75, 3.05) is 14.2 Å². The molecule has 0 spiro atoms. The standard InChI is InChI=1S/C16H16N2O5/c1-22-14-6-3-10(7-13(14)20)9-17-18-16(21)11-4-5-12(19)15(8-11)23-2/h3-9,19-20H,1-2H3,(H,18,21)/b17-9+. The van der Waals surface area contributed by atoms with Gasteiger partial charge in [-0.1, -0.05) is 0 Å². The van der Waals surface area contributed by atoms with E-state index in [1.165, 1.54) is 44.7 Å². The first-order chi connectivity index (χ1) is 11.0. The second-order valence-corrected chi connectivity index (χ2v) is 4.52. The maximum absolute atomic E-state index is 12.0. The van der Waals surface area contributed by atoms with E-state index in [2.05, 4.69) is 10.5 Å². The third-order valence-electron chi connectivity index (χ3n) is 3.02. The van der Waals surface area contributed by atoms with Gasteiger partial charge in [0, 0.05) is 5.56 Å². The Morgan fingerprint density at radius 3 is 2.43 bits per heavy atom. The topological polar surface area (TPSA) is 100 Å². The molecule has 0 aliphatic heterocycles. The zero-order valence-electron chi connectivity index (χ0n) is 12.6. The number of carbonyl (C=O) groups excluding carboxylic acids is 1. The quantitative estimate of drug-likeness (QED) is 0.577. The highest BCUT2D eigenvalue weighted by atomic mass is 16.5. The number of aromatic hydroxyl groups is 2. The summed E-state index contributed by atoms with van der Waals surface area (Å²) in [5, 5.41) is 23.0. The molecule has 0 saturated heterocycles. The van der Waals surface area contributed by atoms with Crippen molar-refractivity contribution in [3.63, 3.8) is 0 Å². The lowest BCUT2D eigenvalue weighted by Crippen LogP contribution is -2.17. The second kappa shape index (κ2) is 7.17. The van der Waals surface area contributed by atoms with Gasteiger partial charge in [0.15, 0.2) is 23.0 Å². The van der Waals surface area contributed by atoms with E-state index in [4.69, 9.17) is 9.47 Å². The number of hydrogen-bond acceptors (Lipinski definition) is 6. The minimum absolute atomic E-state index is 0.0222. The van der Waals surface area contributed by atoms with Crippen molar-refractivity contribution in [3.05, 3.63) is 47.5 Å². The molecule has 0 unspecified atom stereocenters. The molecule has 2 aromatic rings. The molecule has 0 atom stereocenters. The Balaban J connectivity index is 2.05. The lowest BCUT2D eigenvalue weighted by atomic mass is 10.2. The fourth-order valence-corrected chi connectivity index (χ4v) is 1.84. The number of methoxy groups -OCH3 is 2. The third kappa shape index (κ3) is 3.91. The van der Waals surface area contributed by atoms with E-state index in [0.717, 1.165) is 0 Å². The molecule has 0 heterocycles. The van der Waals surface area contributed by atoms with Gasteiger partial charge in [-0.05, 0) is 42.0 Å². The zero-order valence-corrected chi connectivity index (χ0v) is 12.6. The van der Waals surface area contributed by atoms with Gasteiger partial charge in [0.05, 0.1) is 20.4 Å². The van der Waals surface area contributed by atoms with Crippen LogP contribution >= 0.6 is 0 Å². The Hall–Kier alpha value is -3.22. The fourth-order valence-electron chi connectivity index (χ4n) is 1.84. The number of rotatable bonds is 5. The molecule has 0 saturated carbocycles. The van der Waals surface area contributed by atoms with Crippen molar-refractivity contribution >= 4 is 12.1 Å². The van der Waals surface area contributed by atoms with Gasteiger partial charge in [-0.2, -0.15) is 5.10 Å². The number of benzene rings is 2.